The van der Waals surface area contributed by atoms with E-state index in [0.29, 0.717) is 29.2 Å². The van der Waals surface area contributed by atoms with E-state index in [2.05, 4.69) is 16.2 Å². The first-order valence-corrected chi connectivity index (χ1v) is 9.45. The summed E-state index contributed by atoms with van der Waals surface area (Å²) in [6, 6.07) is 12.9. The molecule has 4 nitrogen and oxygen atoms in total. The van der Waals surface area contributed by atoms with Crippen molar-refractivity contribution in [1.82, 2.24) is 0 Å². The maximum atomic E-state index is 12.9. The zero-order valence-corrected chi connectivity index (χ0v) is 17.8. The van der Waals surface area contributed by atoms with Crippen LogP contribution in [0.4, 0.5) is 0 Å². The predicted molar refractivity (Wildman–Crippen MR) is 109 cm³/mol. The second-order valence-electron chi connectivity index (χ2n) is 6.07. The first kappa shape index (κ1) is 23.6. The monoisotopic (exact) mass is 382 g/mol. The standard InChI is InChI=1S/C21H27O4P.Li.H/c1-4-5-7-12-17(20(22)15-10-8-6-9-11-15)25-16-13-18(23-2)21(26)19(14-16)24-3;;/h6,8-11,13-14,17H,4-5,7,12,26H2,1-3H3;;/q;+1;-1. The van der Waals surface area contributed by atoms with Crippen molar-refractivity contribution in [2.24, 2.45) is 0 Å². The minimum absolute atomic E-state index is 0. The molecule has 6 heteroatoms. The molecule has 0 aromatic heterocycles. The molecule has 27 heavy (non-hydrogen) atoms. The van der Waals surface area contributed by atoms with Gasteiger partial charge >= 0.3 is 18.9 Å². The molecule has 0 radical (unpaired) electrons. The Morgan fingerprint density at radius 2 is 1.67 bits per heavy atom. The minimum atomic E-state index is -0.534. The Bertz CT molecular complexity index is 703. The molecule has 142 valence electrons. The third-order valence-corrected chi connectivity index (χ3v) is 4.79. The van der Waals surface area contributed by atoms with Gasteiger partial charge in [0.05, 0.1) is 19.5 Å². The van der Waals surface area contributed by atoms with Crippen LogP contribution in [-0.4, -0.2) is 26.1 Å². The fourth-order valence-electron chi connectivity index (χ4n) is 2.76. The molecule has 0 spiro atoms. The number of methoxy groups -OCH3 is 2. The predicted octanol–water partition coefficient (Wildman–Crippen LogP) is 1.53. The van der Waals surface area contributed by atoms with E-state index < -0.39 is 6.10 Å². The summed E-state index contributed by atoms with van der Waals surface area (Å²) in [6.07, 6.45) is 3.24. The van der Waals surface area contributed by atoms with Crippen LogP contribution < -0.4 is 38.4 Å². The summed E-state index contributed by atoms with van der Waals surface area (Å²) in [5, 5.41) is 0.819. The molecule has 2 atom stereocenters. The Morgan fingerprint density at radius 3 is 2.19 bits per heavy atom. The molecule has 0 aliphatic rings. The van der Waals surface area contributed by atoms with Crippen molar-refractivity contribution < 1.29 is 39.3 Å². The molecular formula is C21H28LiO4P. The van der Waals surface area contributed by atoms with Gasteiger partial charge in [0.2, 0.25) is 5.78 Å². The summed E-state index contributed by atoms with van der Waals surface area (Å²) in [5.74, 6) is 1.85. The number of rotatable bonds is 10. The average Bonchev–Trinajstić information content (AvgIpc) is 2.68. The van der Waals surface area contributed by atoms with Gasteiger partial charge in [-0.15, -0.1) is 0 Å². The van der Waals surface area contributed by atoms with Crippen LogP contribution in [0.2, 0.25) is 0 Å². The van der Waals surface area contributed by atoms with Gasteiger partial charge in [0.1, 0.15) is 17.2 Å². The van der Waals surface area contributed by atoms with Crippen LogP contribution in [0.25, 0.3) is 0 Å². The maximum Gasteiger partial charge on any atom is 1.00 e. The zero-order chi connectivity index (χ0) is 18.9. The molecule has 0 bridgehead atoms. The summed E-state index contributed by atoms with van der Waals surface area (Å²) >= 11 is 0. The van der Waals surface area contributed by atoms with E-state index in [4.69, 9.17) is 14.2 Å². The van der Waals surface area contributed by atoms with Crippen molar-refractivity contribution in [2.45, 2.75) is 38.7 Å². The van der Waals surface area contributed by atoms with Crippen molar-refractivity contribution in [3.8, 4) is 17.2 Å². The van der Waals surface area contributed by atoms with Crippen LogP contribution in [0.3, 0.4) is 0 Å². The number of carbonyl (C=O) groups is 1. The molecule has 0 fully saturated rings. The second kappa shape index (κ2) is 12.1. The smallest absolute Gasteiger partial charge is 1.00 e. The summed E-state index contributed by atoms with van der Waals surface area (Å²) in [4.78, 5) is 12.9. The normalized spacial score (nSPS) is 11.3. The van der Waals surface area contributed by atoms with Crippen LogP contribution >= 0.6 is 9.24 Å². The van der Waals surface area contributed by atoms with Gasteiger partial charge in [0.25, 0.3) is 0 Å². The van der Waals surface area contributed by atoms with Gasteiger partial charge in [-0.2, -0.15) is 0 Å². The summed E-state index contributed by atoms with van der Waals surface area (Å²) in [5.41, 5.74) is 0.663. The summed E-state index contributed by atoms with van der Waals surface area (Å²) in [7, 11) is 5.80. The summed E-state index contributed by atoms with van der Waals surface area (Å²) < 4.78 is 16.9. The fourth-order valence-corrected chi connectivity index (χ4v) is 3.16. The van der Waals surface area contributed by atoms with E-state index in [0.717, 1.165) is 24.6 Å². The quantitative estimate of drug-likeness (QED) is 0.271. The van der Waals surface area contributed by atoms with Gasteiger partial charge in [0, 0.05) is 17.7 Å². The van der Waals surface area contributed by atoms with Crippen molar-refractivity contribution >= 4 is 20.3 Å². The zero-order valence-electron chi connectivity index (χ0n) is 17.7. The minimum Gasteiger partial charge on any atom is -1.00 e. The first-order chi connectivity index (χ1) is 12.6. The molecule has 2 aromatic rings. The molecular weight excluding hydrogens is 354 g/mol. The second-order valence-corrected chi connectivity index (χ2v) is 6.65. The molecule has 0 aliphatic heterocycles. The molecule has 2 aromatic carbocycles. The van der Waals surface area contributed by atoms with E-state index in [1.54, 1.807) is 26.4 Å². The van der Waals surface area contributed by atoms with E-state index in [1.807, 2.05) is 30.3 Å². The Balaban J connectivity index is 0.00000364. The maximum absolute atomic E-state index is 12.9. The van der Waals surface area contributed by atoms with E-state index in [1.165, 1.54) is 0 Å². The first-order valence-electron chi connectivity index (χ1n) is 8.88. The number of ketones is 1. The van der Waals surface area contributed by atoms with E-state index >= 15 is 0 Å². The van der Waals surface area contributed by atoms with Crippen LogP contribution in [0.1, 0.15) is 44.4 Å². The fraction of sp³-hybridized carbons (Fsp3) is 0.381. The van der Waals surface area contributed by atoms with Crippen LogP contribution in [0, 0.1) is 0 Å². The molecule has 0 N–H and O–H groups in total. The van der Waals surface area contributed by atoms with Gasteiger partial charge in [-0.3, -0.25) is 4.79 Å². The number of hydrogen-bond acceptors (Lipinski definition) is 4. The number of ether oxygens (including phenoxy) is 3. The molecule has 2 unspecified atom stereocenters. The topological polar surface area (TPSA) is 44.8 Å². The third kappa shape index (κ3) is 6.58. The van der Waals surface area contributed by atoms with Crippen molar-refractivity contribution in [3.63, 3.8) is 0 Å². The van der Waals surface area contributed by atoms with Gasteiger partial charge in [-0.25, -0.2) is 0 Å². The number of Topliss-reactive ketones (excluding diaryl/α,β-unsaturated/α-hetero) is 1. The Labute approximate surface area is 177 Å². The Kier molecular flexibility index (Phi) is 10.6. The van der Waals surface area contributed by atoms with E-state index in [9.17, 15) is 4.79 Å². The summed E-state index contributed by atoms with van der Waals surface area (Å²) in [6.45, 7) is 2.14. The van der Waals surface area contributed by atoms with Gasteiger partial charge in [0.15, 0.2) is 6.10 Å². The SMILES string of the molecule is CCCCCC(Oc1cc(OC)c(P)c(OC)c1)C(=O)c1ccccc1.[H-].[Li+]. The Morgan fingerprint density at radius 1 is 1.07 bits per heavy atom. The van der Waals surface area contributed by atoms with Crippen molar-refractivity contribution in [1.29, 1.82) is 0 Å². The molecule has 0 saturated carbocycles. The van der Waals surface area contributed by atoms with Crippen LogP contribution in [0.5, 0.6) is 17.2 Å². The van der Waals surface area contributed by atoms with Crippen LogP contribution in [0.15, 0.2) is 42.5 Å². The number of benzene rings is 2. The molecule has 0 aliphatic carbocycles. The average molecular weight is 382 g/mol. The molecule has 0 amide bonds. The molecule has 0 saturated heterocycles. The number of carbonyl (C=O) groups excluding carboxylic acids is 1. The van der Waals surface area contributed by atoms with Crippen molar-refractivity contribution in [2.75, 3.05) is 14.2 Å². The number of hydrogen-bond donors (Lipinski definition) is 0. The van der Waals surface area contributed by atoms with Crippen LogP contribution in [-0.2, 0) is 0 Å². The Hall–Kier alpha value is -1.46. The van der Waals surface area contributed by atoms with Gasteiger partial charge < -0.3 is 15.6 Å². The largest absolute Gasteiger partial charge is 1.00 e. The van der Waals surface area contributed by atoms with Gasteiger partial charge in [-0.1, -0.05) is 59.3 Å². The van der Waals surface area contributed by atoms with E-state index in [-0.39, 0.29) is 26.1 Å². The van der Waals surface area contributed by atoms with Crippen molar-refractivity contribution in [3.05, 3.63) is 48.0 Å². The third-order valence-electron chi connectivity index (χ3n) is 4.22. The van der Waals surface area contributed by atoms with Gasteiger partial charge in [-0.05, 0) is 12.8 Å². The molecule has 0 heterocycles. The molecule has 2 rings (SSSR count). The number of unbranched alkanes of at least 4 members (excludes halogenated alkanes) is 2.